The lowest BCUT2D eigenvalue weighted by atomic mass is 10.1. The van der Waals surface area contributed by atoms with E-state index in [1.807, 2.05) is 48.5 Å². The number of nitrogens with zero attached hydrogens (tertiary/aromatic N) is 1. The topological polar surface area (TPSA) is 70.9 Å². The maximum Gasteiger partial charge on any atom is 0.417 e. The lowest BCUT2D eigenvalue weighted by molar-refractivity contribution is 0.555. The summed E-state index contributed by atoms with van der Waals surface area (Å²) in [5.41, 5.74) is 4.80. The smallest absolute Gasteiger partial charge is 0.408 e. The highest BCUT2D eigenvalue weighted by molar-refractivity contribution is 6.30. The van der Waals surface area contributed by atoms with Gasteiger partial charge in [-0.3, -0.25) is 9.97 Å². The third-order valence-electron chi connectivity index (χ3n) is 3.63. The van der Waals surface area contributed by atoms with Crippen LogP contribution in [0.25, 0.3) is 22.2 Å². The number of H-pyrrole nitrogens is 1. The number of aromatic nitrogens is 2. The molecular formula is C18H12ClN3O2. The first kappa shape index (κ1) is 14.5. The normalized spacial score (nSPS) is 10.9. The summed E-state index contributed by atoms with van der Waals surface area (Å²) in [7, 11) is 0. The van der Waals surface area contributed by atoms with Crippen molar-refractivity contribution in [1.29, 1.82) is 0 Å². The summed E-state index contributed by atoms with van der Waals surface area (Å²) >= 11 is 5.90. The fourth-order valence-corrected chi connectivity index (χ4v) is 2.62. The fraction of sp³-hybridized carbons (Fsp3) is 0. The molecule has 0 spiro atoms. The summed E-state index contributed by atoms with van der Waals surface area (Å²) in [5.74, 6) is -0.460. The average molecular weight is 338 g/mol. The van der Waals surface area contributed by atoms with E-state index in [-0.39, 0.29) is 0 Å². The number of hydrogen-bond donors (Lipinski definition) is 2. The molecule has 24 heavy (non-hydrogen) atoms. The number of oxazole rings is 1. The number of halogens is 1. The molecule has 118 valence electrons. The molecule has 0 amide bonds. The maximum absolute atomic E-state index is 11.3. The van der Waals surface area contributed by atoms with Gasteiger partial charge in [-0.1, -0.05) is 17.7 Å². The third-order valence-corrected chi connectivity index (χ3v) is 3.88. The molecule has 0 aliphatic carbocycles. The third kappa shape index (κ3) is 2.89. The van der Waals surface area contributed by atoms with Crippen LogP contribution in [-0.4, -0.2) is 9.97 Å². The molecule has 6 heteroatoms. The van der Waals surface area contributed by atoms with E-state index in [2.05, 4.69) is 15.3 Å². The number of rotatable bonds is 3. The van der Waals surface area contributed by atoms with E-state index in [0.29, 0.717) is 16.1 Å². The summed E-state index contributed by atoms with van der Waals surface area (Å²) < 4.78 is 5.11. The summed E-state index contributed by atoms with van der Waals surface area (Å²) in [4.78, 5) is 18.2. The molecule has 2 aromatic heterocycles. The van der Waals surface area contributed by atoms with E-state index in [1.165, 1.54) is 0 Å². The van der Waals surface area contributed by atoms with Crippen LogP contribution >= 0.6 is 11.6 Å². The minimum absolute atomic E-state index is 0.460. The molecule has 0 aliphatic heterocycles. The lowest BCUT2D eigenvalue weighted by Gasteiger charge is -2.08. The zero-order chi connectivity index (χ0) is 16.5. The van der Waals surface area contributed by atoms with Crippen molar-refractivity contribution in [3.63, 3.8) is 0 Å². The first-order chi connectivity index (χ1) is 11.7. The molecule has 4 rings (SSSR count). The Bertz CT molecular complexity index is 1070. The van der Waals surface area contributed by atoms with Crippen LogP contribution in [0.3, 0.4) is 0 Å². The van der Waals surface area contributed by atoms with Gasteiger partial charge in [0, 0.05) is 22.5 Å². The van der Waals surface area contributed by atoms with E-state index < -0.39 is 5.76 Å². The quantitative estimate of drug-likeness (QED) is 0.574. The standard InChI is InChI=1S/C18H12ClN3O2/c19-13-2-4-14(5-3-13)21-15-7-12(9-20-10-15)11-1-6-16-17(8-11)24-18(23)22-16/h1-10,21H,(H,22,23). The summed E-state index contributed by atoms with van der Waals surface area (Å²) in [6.07, 6.45) is 3.51. The molecule has 0 bridgehead atoms. The summed E-state index contributed by atoms with van der Waals surface area (Å²) in [6.45, 7) is 0. The Morgan fingerprint density at radius 2 is 1.79 bits per heavy atom. The number of benzene rings is 2. The highest BCUT2D eigenvalue weighted by Crippen LogP contribution is 2.26. The second-order valence-corrected chi connectivity index (χ2v) is 5.76. The van der Waals surface area contributed by atoms with Gasteiger partial charge in [0.05, 0.1) is 17.4 Å². The number of anilines is 2. The van der Waals surface area contributed by atoms with Crippen LogP contribution < -0.4 is 11.1 Å². The van der Waals surface area contributed by atoms with E-state index in [0.717, 1.165) is 22.5 Å². The molecule has 2 aromatic carbocycles. The minimum atomic E-state index is -0.460. The fourth-order valence-electron chi connectivity index (χ4n) is 2.49. The monoisotopic (exact) mass is 337 g/mol. The van der Waals surface area contributed by atoms with Gasteiger partial charge < -0.3 is 9.73 Å². The van der Waals surface area contributed by atoms with E-state index >= 15 is 0 Å². The molecule has 0 atom stereocenters. The van der Waals surface area contributed by atoms with E-state index in [9.17, 15) is 4.79 Å². The molecular weight excluding hydrogens is 326 g/mol. The van der Waals surface area contributed by atoms with Crippen LogP contribution in [0.5, 0.6) is 0 Å². The van der Waals surface area contributed by atoms with Crippen LogP contribution in [-0.2, 0) is 0 Å². The van der Waals surface area contributed by atoms with E-state index in [1.54, 1.807) is 12.4 Å². The van der Waals surface area contributed by atoms with Crippen molar-refractivity contribution < 1.29 is 4.42 Å². The van der Waals surface area contributed by atoms with Gasteiger partial charge in [-0.25, -0.2) is 4.79 Å². The number of pyridine rings is 1. The van der Waals surface area contributed by atoms with Gasteiger partial charge in [-0.2, -0.15) is 0 Å². The Labute approximate surface area is 141 Å². The molecule has 0 saturated heterocycles. The SMILES string of the molecule is O=c1[nH]c2ccc(-c3cncc(Nc4ccc(Cl)cc4)c3)cc2o1. The van der Waals surface area contributed by atoms with Gasteiger partial charge in [0.1, 0.15) is 0 Å². The Hall–Kier alpha value is -3.05. The Morgan fingerprint density at radius 1 is 0.958 bits per heavy atom. The zero-order valence-corrected chi connectivity index (χ0v) is 13.2. The van der Waals surface area contributed by atoms with E-state index in [4.69, 9.17) is 16.0 Å². The van der Waals surface area contributed by atoms with Gasteiger partial charge in [0.25, 0.3) is 0 Å². The number of hydrogen-bond acceptors (Lipinski definition) is 4. The maximum atomic E-state index is 11.3. The molecule has 0 unspecified atom stereocenters. The van der Waals surface area contributed by atoms with Crippen molar-refractivity contribution in [2.45, 2.75) is 0 Å². The molecule has 4 aromatic rings. The Kier molecular flexibility index (Phi) is 3.55. The van der Waals surface area contributed by atoms with Crippen LogP contribution in [0.2, 0.25) is 5.02 Å². The molecule has 0 aliphatic rings. The first-order valence-electron chi connectivity index (χ1n) is 7.28. The predicted molar refractivity (Wildman–Crippen MR) is 94.8 cm³/mol. The summed E-state index contributed by atoms with van der Waals surface area (Å²) in [5, 5.41) is 3.97. The summed E-state index contributed by atoms with van der Waals surface area (Å²) in [6, 6.07) is 15.0. The molecule has 0 saturated carbocycles. The van der Waals surface area contributed by atoms with Gasteiger partial charge >= 0.3 is 5.76 Å². The van der Waals surface area contributed by atoms with Crippen LogP contribution in [0, 0.1) is 0 Å². The number of fused-ring (bicyclic) bond motifs is 1. The van der Waals surface area contributed by atoms with Crippen molar-refractivity contribution in [1.82, 2.24) is 9.97 Å². The van der Waals surface area contributed by atoms with Crippen LogP contribution in [0.4, 0.5) is 11.4 Å². The first-order valence-corrected chi connectivity index (χ1v) is 7.66. The second-order valence-electron chi connectivity index (χ2n) is 5.32. The number of nitrogens with one attached hydrogen (secondary N) is 2. The highest BCUT2D eigenvalue weighted by atomic mass is 35.5. The second kappa shape index (κ2) is 5.86. The average Bonchev–Trinajstić information content (AvgIpc) is 2.96. The van der Waals surface area contributed by atoms with Crippen LogP contribution in [0.15, 0.2) is 70.1 Å². The van der Waals surface area contributed by atoms with Crippen molar-refractivity contribution >= 4 is 34.1 Å². The van der Waals surface area contributed by atoms with Gasteiger partial charge in [-0.05, 0) is 48.0 Å². The van der Waals surface area contributed by atoms with Crippen molar-refractivity contribution in [3.8, 4) is 11.1 Å². The lowest BCUT2D eigenvalue weighted by Crippen LogP contribution is -1.92. The van der Waals surface area contributed by atoms with Gasteiger partial charge in [-0.15, -0.1) is 0 Å². The largest absolute Gasteiger partial charge is 0.417 e. The van der Waals surface area contributed by atoms with Gasteiger partial charge in [0.15, 0.2) is 5.58 Å². The van der Waals surface area contributed by atoms with Crippen molar-refractivity contribution in [2.75, 3.05) is 5.32 Å². The van der Waals surface area contributed by atoms with Crippen molar-refractivity contribution in [3.05, 3.63) is 76.5 Å². The molecule has 2 heterocycles. The number of aromatic amines is 1. The molecule has 0 fully saturated rings. The Morgan fingerprint density at radius 3 is 2.62 bits per heavy atom. The zero-order valence-electron chi connectivity index (χ0n) is 12.4. The molecule has 0 radical (unpaired) electrons. The van der Waals surface area contributed by atoms with Crippen molar-refractivity contribution in [2.24, 2.45) is 0 Å². The van der Waals surface area contributed by atoms with Crippen LogP contribution in [0.1, 0.15) is 0 Å². The highest BCUT2D eigenvalue weighted by Gasteiger charge is 2.05. The van der Waals surface area contributed by atoms with Gasteiger partial charge in [0.2, 0.25) is 0 Å². The molecule has 5 nitrogen and oxygen atoms in total. The predicted octanol–water partition coefficient (Wildman–Crippen LogP) is 4.58. The molecule has 2 N–H and O–H groups in total. The minimum Gasteiger partial charge on any atom is -0.408 e. The Balaban J connectivity index is 1.67.